The molecule has 1 unspecified atom stereocenters. The summed E-state index contributed by atoms with van der Waals surface area (Å²) in [5, 5.41) is 9.34. The topological polar surface area (TPSA) is 161 Å². The third-order valence-corrected chi connectivity index (χ3v) is 6.69. The summed E-state index contributed by atoms with van der Waals surface area (Å²) in [6.07, 6.45) is 1.84. The first kappa shape index (κ1) is 24.8. The summed E-state index contributed by atoms with van der Waals surface area (Å²) < 4.78 is 44.2. The fraction of sp³-hybridized carbons (Fsp3) is 0.208. The fourth-order valence-corrected chi connectivity index (χ4v) is 4.66. The van der Waals surface area contributed by atoms with E-state index in [4.69, 9.17) is 14.2 Å². The Labute approximate surface area is 205 Å². The number of aryl methyl sites for hydroxylation is 1. The molecule has 1 atom stereocenters. The second-order valence-electron chi connectivity index (χ2n) is 7.83. The summed E-state index contributed by atoms with van der Waals surface area (Å²) in [5.74, 6) is -1.20. The number of aromatic carboxylic acids is 1. The zero-order valence-corrected chi connectivity index (χ0v) is 19.8. The number of nitrogens with one attached hydrogen (secondary N) is 2. The van der Waals surface area contributed by atoms with Gasteiger partial charge in [-0.05, 0) is 42.3 Å². The van der Waals surface area contributed by atoms with Crippen LogP contribution in [0.4, 0.5) is 0 Å². The predicted molar refractivity (Wildman–Crippen MR) is 126 cm³/mol. The summed E-state index contributed by atoms with van der Waals surface area (Å²) >= 11 is 0. The van der Waals surface area contributed by atoms with Crippen LogP contribution in [-0.2, 0) is 21.2 Å². The molecule has 12 heteroatoms. The fourth-order valence-electron chi connectivity index (χ4n) is 3.62. The normalized spacial score (nSPS) is 13.1. The first-order valence-corrected chi connectivity index (χ1v) is 12.3. The summed E-state index contributed by atoms with van der Waals surface area (Å²) in [6.45, 7) is 1.88. The molecule has 3 N–H and O–H groups in total. The number of hydrogen-bond acceptors (Lipinski definition) is 8. The van der Waals surface area contributed by atoms with Gasteiger partial charge in [-0.15, -0.1) is 0 Å². The van der Waals surface area contributed by atoms with Crippen molar-refractivity contribution in [2.24, 2.45) is 0 Å². The molecule has 1 amide bonds. The van der Waals surface area contributed by atoms with Gasteiger partial charge in [0.15, 0.2) is 16.4 Å². The molecular formula is C24H22N2O9S. The number of H-pyrrole nitrogens is 1. The van der Waals surface area contributed by atoms with E-state index in [9.17, 15) is 27.9 Å². The number of rotatable bonds is 9. The van der Waals surface area contributed by atoms with Crippen molar-refractivity contribution < 1.29 is 37.3 Å². The van der Waals surface area contributed by atoms with Gasteiger partial charge < -0.3 is 24.3 Å². The van der Waals surface area contributed by atoms with Crippen molar-refractivity contribution in [3.05, 3.63) is 81.8 Å². The average Bonchev–Trinajstić information content (AvgIpc) is 3.31. The van der Waals surface area contributed by atoms with Crippen LogP contribution in [-0.4, -0.2) is 37.2 Å². The Kier molecular flexibility index (Phi) is 6.97. The lowest BCUT2D eigenvalue weighted by Gasteiger charge is -2.21. The van der Waals surface area contributed by atoms with Crippen LogP contribution in [0.5, 0.6) is 17.2 Å². The standard InChI is InChI=1S/C24H22N2O9S/c1-2-3-14-10-16(24(29)30)5-6-18(14)35-22(15-4-7-19-20(11-15)34-13-33-19)23(28)26-36(31,32)21-12-25-9-8-17(21)27/h4-12,22H,2-3,13H2,1H3,(H,25,27)(H,26,28)(H,29,30). The molecule has 0 aliphatic carbocycles. The summed E-state index contributed by atoms with van der Waals surface area (Å²) in [7, 11) is -4.54. The molecule has 188 valence electrons. The molecule has 1 aliphatic rings. The quantitative estimate of drug-likeness (QED) is 0.389. The Bertz CT molecular complexity index is 1480. The Hall–Kier alpha value is -4.32. The molecule has 0 spiro atoms. The van der Waals surface area contributed by atoms with E-state index < -0.39 is 38.3 Å². The van der Waals surface area contributed by atoms with Crippen molar-refractivity contribution in [1.29, 1.82) is 0 Å². The van der Waals surface area contributed by atoms with E-state index in [2.05, 4.69) is 4.98 Å². The molecule has 0 bridgehead atoms. The highest BCUT2D eigenvalue weighted by Crippen LogP contribution is 2.36. The third kappa shape index (κ3) is 5.18. The van der Waals surface area contributed by atoms with Crippen LogP contribution in [0.2, 0.25) is 0 Å². The van der Waals surface area contributed by atoms with Crippen LogP contribution in [0.3, 0.4) is 0 Å². The third-order valence-electron chi connectivity index (χ3n) is 5.32. The van der Waals surface area contributed by atoms with Crippen LogP contribution in [0.15, 0.2) is 64.5 Å². The number of carboxylic acid groups (broad SMARTS) is 1. The van der Waals surface area contributed by atoms with Gasteiger partial charge in [0.1, 0.15) is 5.75 Å². The molecule has 4 rings (SSSR count). The lowest BCUT2D eigenvalue weighted by molar-refractivity contribution is -0.126. The second-order valence-corrected chi connectivity index (χ2v) is 9.48. The maximum absolute atomic E-state index is 13.3. The van der Waals surface area contributed by atoms with Crippen molar-refractivity contribution in [1.82, 2.24) is 9.71 Å². The van der Waals surface area contributed by atoms with Gasteiger partial charge in [0.05, 0.1) is 5.56 Å². The average molecular weight is 515 g/mol. The number of ether oxygens (including phenoxy) is 3. The molecule has 3 aromatic rings. The predicted octanol–water partition coefficient (Wildman–Crippen LogP) is 2.38. The number of fused-ring (bicyclic) bond motifs is 1. The highest BCUT2D eigenvalue weighted by molar-refractivity contribution is 7.90. The summed E-state index contributed by atoms with van der Waals surface area (Å²) in [6, 6.07) is 9.76. The number of aromatic nitrogens is 1. The summed E-state index contributed by atoms with van der Waals surface area (Å²) in [5.41, 5.74) is 0.0156. The number of sulfonamides is 1. The second kappa shape index (κ2) is 10.1. The van der Waals surface area contributed by atoms with Gasteiger partial charge in [-0.25, -0.2) is 17.9 Å². The van der Waals surface area contributed by atoms with E-state index in [-0.39, 0.29) is 23.7 Å². The van der Waals surface area contributed by atoms with E-state index in [1.165, 1.54) is 36.5 Å². The molecule has 2 heterocycles. The van der Waals surface area contributed by atoms with E-state index in [0.717, 1.165) is 12.3 Å². The van der Waals surface area contributed by atoms with Crippen molar-refractivity contribution >= 4 is 21.9 Å². The molecule has 0 saturated heterocycles. The molecule has 2 aromatic carbocycles. The first-order chi connectivity index (χ1) is 17.2. The van der Waals surface area contributed by atoms with Crippen LogP contribution in [0.1, 0.15) is 40.9 Å². The number of carboxylic acids is 1. The first-order valence-electron chi connectivity index (χ1n) is 10.9. The van der Waals surface area contributed by atoms with E-state index in [1.54, 1.807) is 6.07 Å². The lowest BCUT2D eigenvalue weighted by Crippen LogP contribution is -2.38. The molecule has 0 saturated carbocycles. The van der Waals surface area contributed by atoms with Gasteiger partial charge in [0, 0.05) is 24.0 Å². The highest BCUT2D eigenvalue weighted by atomic mass is 32.2. The monoisotopic (exact) mass is 514 g/mol. The Balaban J connectivity index is 1.73. The largest absolute Gasteiger partial charge is 0.478 e. The number of hydrogen-bond donors (Lipinski definition) is 3. The van der Waals surface area contributed by atoms with Gasteiger partial charge in [-0.1, -0.05) is 19.4 Å². The van der Waals surface area contributed by atoms with E-state index in [1.807, 2.05) is 11.6 Å². The Morgan fingerprint density at radius 1 is 1.14 bits per heavy atom. The van der Waals surface area contributed by atoms with E-state index in [0.29, 0.717) is 29.9 Å². The number of aromatic amines is 1. The highest BCUT2D eigenvalue weighted by Gasteiger charge is 2.31. The zero-order chi connectivity index (χ0) is 25.9. The minimum atomic E-state index is -4.54. The minimum absolute atomic E-state index is 0.0149. The molecule has 11 nitrogen and oxygen atoms in total. The molecule has 0 fully saturated rings. The molecule has 1 aliphatic heterocycles. The van der Waals surface area contributed by atoms with Gasteiger partial charge in [-0.3, -0.25) is 9.59 Å². The number of pyridine rings is 1. The number of carbonyl (C=O) groups excluding carboxylic acids is 1. The van der Waals surface area contributed by atoms with Crippen molar-refractivity contribution in [3.8, 4) is 17.2 Å². The van der Waals surface area contributed by atoms with Crippen LogP contribution < -0.4 is 24.4 Å². The lowest BCUT2D eigenvalue weighted by atomic mass is 10.0. The number of carbonyl (C=O) groups is 2. The van der Waals surface area contributed by atoms with E-state index >= 15 is 0 Å². The molecule has 1 aromatic heterocycles. The van der Waals surface area contributed by atoms with Crippen molar-refractivity contribution in [2.75, 3.05) is 6.79 Å². The SMILES string of the molecule is CCCc1cc(C(=O)O)ccc1OC(C(=O)NS(=O)(=O)c1c[nH]ccc1=O)c1ccc2c(c1)OCO2. The Morgan fingerprint density at radius 2 is 1.92 bits per heavy atom. The minimum Gasteiger partial charge on any atom is -0.478 e. The maximum Gasteiger partial charge on any atom is 0.335 e. The van der Waals surface area contributed by atoms with Crippen LogP contribution in [0, 0.1) is 0 Å². The number of benzene rings is 2. The zero-order valence-electron chi connectivity index (χ0n) is 19.0. The van der Waals surface area contributed by atoms with Gasteiger partial charge in [0.25, 0.3) is 15.9 Å². The molecule has 0 radical (unpaired) electrons. The van der Waals surface area contributed by atoms with Crippen molar-refractivity contribution in [3.63, 3.8) is 0 Å². The summed E-state index contributed by atoms with van der Waals surface area (Å²) in [4.78, 5) is 38.6. The van der Waals surface area contributed by atoms with Crippen molar-refractivity contribution in [2.45, 2.75) is 30.8 Å². The molecular weight excluding hydrogens is 492 g/mol. The Morgan fingerprint density at radius 3 is 2.64 bits per heavy atom. The van der Waals surface area contributed by atoms with Crippen LogP contribution in [0.25, 0.3) is 0 Å². The van der Waals surface area contributed by atoms with Crippen LogP contribution >= 0.6 is 0 Å². The molecule has 36 heavy (non-hydrogen) atoms. The van der Waals surface area contributed by atoms with Gasteiger partial charge >= 0.3 is 5.97 Å². The smallest absolute Gasteiger partial charge is 0.335 e. The maximum atomic E-state index is 13.3. The van der Waals surface area contributed by atoms with Gasteiger partial charge in [0.2, 0.25) is 18.3 Å². The van der Waals surface area contributed by atoms with Gasteiger partial charge in [-0.2, -0.15) is 0 Å². The number of amides is 1.